The minimum Gasteiger partial charge on any atom is -0.476 e. The molecule has 0 saturated heterocycles. The molecule has 0 fully saturated rings. The number of rotatable bonds is 10. The van der Waals surface area contributed by atoms with E-state index in [2.05, 4.69) is 39.9 Å². The number of fused-ring (bicyclic) bond motifs is 3. The molecule has 1 heterocycles. The maximum Gasteiger partial charge on any atom is 0.407 e. The van der Waals surface area contributed by atoms with E-state index in [1.54, 1.807) is 0 Å². The number of ether oxygens (including phenoxy) is 1. The third-order valence-corrected chi connectivity index (χ3v) is 6.34. The lowest BCUT2D eigenvalue weighted by atomic mass is 9.98. The molecule has 2 amide bonds. The van der Waals surface area contributed by atoms with Gasteiger partial charge in [-0.3, -0.25) is 4.79 Å². The second-order valence-electron chi connectivity index (χ2n) is 7.51. The summed E-state index contributed by atoms with van der Waals surface area (Å²) in [6.07, 6.45) is 0.521. The molecule has 10 heteroatoms. The quantitative estimate of drug-likeness (QED) is 0.376. The van der Waals surface area contributed by atoms with Crippen LogP contribution in [0.2, 0.25) is 0 Å². The van der Waals surface area contributed by atoms with Crippen LogP contribution in [0.1, 0.15) is 33.3 Å². The van der Waals surface area contributed by atoms with E-state index >= 15 is 0 Å². The molecule has 3 aromatic rings. The van der Waals surface area contributed by atoms with Crippen molar-refractivity contribution in [2.24, 2.45) is 0 Å². The highest BCUT2D eigenvalue weighted by Gasteiger charge is 2.28. The molecule has 0 unspecified atom stereocenters. The van der Waals surface area contributed by atoms with Gasteiger partial charge in [-0.25, -0.2) is 14.6 Å². The van der Waals surface area contributed by atoms with Gasteiger partial charge in [0.2, 0.25) is 5.91 Å². The first kappa shape index (κ1) is 23.4. The summed E-state index contributed by atoms with van der Waals surface area (Å²) in [7, 11) is 0. The summed E-state index contributed by atoms with van der Waals surface area (Å²) in [4.78, 5) is 38.6. The Labute approximate surface area is 199 Å². The largest absolute Gasteiger partial charge is 0.476 e. The molecule has 3 N–H and O–H groups in total. The zero-order chi connectivity index (χ0) is 23.9. The molecule has 0 atom stereocenters. The van der Waals surface area contributed by atoms with Crippen LogP contribution in [0.3, 0.4) is 0 Å². The number of thioether (sulfide) groups is 1. The van der Waals surface area contributed by atoms with Crippen molar-refractivity contribution in [1.29, 1.82) is 0 Å². The van der Waals surface area contributed by atoms with Gasteiger partial charge in [0.25, 0.3) is 0 Å². The van der Waals surface area contributed by atoms with E-state index < -0.39 is 12.1 Å². The van der Waals surface area contributed by atoms with Crippen molar-refractivity contribution < 1.29 is 28.6 Å². The van der Waals surface area contributed by atoms with Crippen LogP contribution in [0.15, 0.2) is 59.3 Å². The second-order valence-corrected chi connectivity index (χ2v) is 8.62. The predicted octanol–water partition coefficient (Wildman–Crippen LogP) is 3.26. The third-order valence-electron chi connectivity index (χ3n) is 5.38. The van der Waals surface area contributed by atoms with Crippen LogP contribution in [-0.4, -0.2) is 52.7 Å². The Kier molecular flexibility index (Phi) is 7.48. The van der Waals surface area contributed by atoms with Gasteiger partial charge in [-0.1, -0.05) is 48.5 Å². The lowest BCUT2D eigenvalue weighted by molar-refractivity contribution is -0.118. The molecule has 2 aromatic carbocycles. The molecule has 0 spiro atoms. The Balaban J connectivity index is 1.14. The van der Waals surface area contributed by atoms with Crippen LogP contribution in [0, 0.1) is 0 Å². The Bertz CT molecular complexity index is 1150. The van der Waals surface area contributed by atoms with E-state index in [-0.39, 0.29) is 42.2 Å². The van der Waals surface area contributed by atoms with Crippen molar-refractivity contribution in [3.63, 3.8) is 0 Å². The number of carbonyl (C=O) groups is 3. The van der Waals surface area contributed by atoms with Crippen LogP contribution in [0.4, 0.5) is 4.79 Å². The minimum atomic E-state index is -1.22. The maximum atomic E-state index is 12.2. The van der Waals surface area contributed by atoms with Crippen molar-refractivity contribution in [3.05, 3.63) is 77.5 Å². The van der Waals surface area contributed by atoms with Crippen LogP contribution in [-0.2, 0) is 16.1 Å². The zero-order valence-corrected chi connectivity index (χ0v) is 19.0. The molecule has 1 aliphatic rings. The average Bonchev–Trinajstić information content (AvgIpc) is 3.44. The first-order chi connectivity index (χ1) is 16.5. The van der Waals surface area contributed by atoms with Gasteiger partial charge in [0.1, 0.15) is 6.61 Å². The summed E-state index contributed by atoms with van der Waals surface area (Å²) in [5.74, 6) is -0.737. The summed E-state index contributed by atoms with van der Waals surface area (Å²) < 4.78 is 10.4. The molecule has 176 valence electrons. The lowest BCUT2D eigenvalue weighted by Crippen LogP contribution is -2.29. The van der Waals surface area contributed by atoms with Crippen LogP contribution < -0.4 is 10.6 Å². The number of carboxylic acid groups (broad SMARTS) is 1. The van der Waals surface area contributed by atoms with Gasteiger partial charge in [0.15, 0.2) is 17.8 Å². The fraction of sp³-hybridized carbons (Fsp3) is 0.250. The van der Waals surface area contributed by atoms with E-state index in [4.69, 9.17) is 14.3 Å². The smallest absolute Gasteiger partial charge is 0.407 e. The normalized spacial score (nSPS) is 12.0. The monoisotopic (exact) mass is 481 g/mol. The van der Waals surface area contributed by atoms with Gasteiger partial charge in [-0.15, -0.1) is 0 Å². The fourth-order valence-corrected chi connectivity index (χ4v) is 4.52. The minimum absolute atomic E-state index is 0.00206. The summed E-state index contributed by atoms with van der Waals surface area (Å²) in [6, 6.07) is 16.3. The van der Waals surface area contributed by atoms with Gasteiger partial charge < -0.3 is 24.9 Å². The summed E-state index contributed by atoms with van der Waals surface area (Å²) >= 11 is 1.33. The number of carbonyl (C=O) groups excluding carboxylic acids is 2. The van der Waals surface area contributed by atoms with E-state index in [0.29, 0.717) is 12.3 Å². The van der Waals surface area contributed by atoms with Crippen LogP contribution >= 0.6 is 11.8 Å². The Morgan fingerprint density at radius 3 is 2.38 bits per heavy atom. The first-order valence-electron chi connectivity index (χ1n) is 10.6. The number of hydrogen-bond donors (Lipinski definition) is 3. The van der Waals surface area contributed by atoms with Gasteiger partial charge in [-0.05, 0) is 22.3 Å². The van der Waals surface area contributed by atoms with Crippen molar-refractivity contribution in [1.82, 2.24) is 15.6 Å². The zero-order valence-electron chi connectivity index (χ0n) is 18.2. The topological polar surface area (TPSA) is 131 Å². The molecule has 0 saturated carbocycles. The summed E-state index contributed by atoms with van der Waals surface area (Å²) in [6.45, 7) is 0.536. The highest BCUT2D eigenvalue weighted by Crippen LogP contribution is 2.44. The number of aromatic carboxylic acids is 1. The molecule has 1 aliphatic carbocycles. The number of amides is 2. The molecule has 0 bridgehead atoms. The van der Waals surface area contributed by atoms with Gasteiger partial charge in [-0.2, -0.15) is 11.8 Å². The molecule has 34 heavy (non-hydrogen) atoms. The van der Waals surface area contributed by atoms with Gasteiger partial charge >= 0.3 is 12.1 Å². The van der Waals surface area contributed by atoms with E-state index in [9.17, 15) is 14.4 Å². The van der Waals surface area contributed by atoms with E-state index in [0.717, 1.165) is 17.5 Å². The highest BCUT2D eigenvalue weighted by atomic mass is 32.2. The number of alkyl carbamates (subject to hydrolysis) is 1. The fourth-order valence-electron chi connectivity index (χ4n) is 3.84. The Morgan fingerprint density at radius 2 is 1.71 bits per heavy atom. The molecule has 1 aromatic heterocycles. The van der Waals surface area contributed by atoms with E-state index in [1.807, 2.05) is 24.3 Å². The number of oxazole rings is 1. The number of nitrogens with zero attached hydrogens (tertiary/aromatic N) is 1. The molecular weight excluding hydrogens is 458 g/mol. The number of nitrogens with one attached hydrogen (secondary N) is 2. The number of aromatic nitrogens is 1. The standard InChI is InChI=1S/C24H23N3O6S/c28-21(26-11-20-22(23(29)30)27-14-33-20)13-34-10-9-25-24(31)32-12-19-17-7-3-1-5-15(17)16-6-2-4-8-18(16)19/h1-8,14,19H,9-13H2,(H,25,31)(H,26,28)(H,29,30). The Hall–Kier alpha value is -3.79. The third kappa shape index (κ3) is 5.40. The highest BCUT2D eigenvalue weighted by molar-refractivity contribution is 7.99. The Morgan fingerprint density at radius 1 is 1.03 bits per heavy atom. The number of benzene rings is 2. The molecule has 9 nitrogen and oxygen atoms in total. The average molecular weight is 482 g/mol. The SMILES string of the molecule is O=C(CSCCNC(=O)OCC1c2ccccc2-c2ccccc21)NCc1ocnc1C(=O)O. The predicted molar refractivity (Wildman–Crippen MR) is 126 cm³/mol. The van der Waals surface area contributed by atoms with Crippen molar-refractivity contribution >= 4 is 29.7 Å². The maximum absolute atomic E-state index is 12.2. The van der Waals surface area contributed by atoms with Crippen molar-refractivity contribution in [2.45, 2.75) is 12.5 Å². The van der Waals surface area contributed by atoms with Crippen LogP contribution in [0.5, 0.6) is 0 Å². The molecule has 0 aliphatic heterocycles. The number of hydrogen-bond acceptors (Lipinski definition) is 7. The summed E-state index contributed by atoms with van der Waals surface area (Å²) in [5.41, 5.74) is 4.42. The molecule has 4 rings (SSSR count). The van der Waals surface area contributed by atoms with Gasteiger partial charge in [0.05, 0.1) is 12.3 Å². The second kappa shape index (κ2) is 10.9. The van der Waals surface area contributed by atoms with Crippen molar-refractivity contribution in [2.75, 3.05) is 24.7 Å². The van der Waals surface area contributed by atoms with Crippen LogP contribution in [0.25, 0.3) is 11.1 Å². The van der Waals surface area contributed by atoms with E-state index in [1.165, 1.54) is 22.9 Å². The van der Waals surface area contributed by atoms with Gasteiger partial charge in [0, 0.05) is 18.2 Å². The molecular formula is C24H23N3O6S. The lowest BCUT2D eigenvalue weighted by Gasteiger charge is -2.14. The van der Waals surface area contributed by atoms with Crippen molar-refractivity contribution in [3.8, 4) is 11.1 Å². The molecule has 0 radical (unpaired) electrons. The summed E-state index contributed by atoms with van der Waals surface area (Å²) in [5, 5.41) is 14.2. The number of carboxylic acids is 1. The first-order valence-corrected chi connectivity index (χ1v) is 11.8.